The summed E-state index contributed by atoms with van der Waals surface area (Å²) in [6.45, 7) is 0.667. The number of carbonyl (C=O) groups excluding carboxylic acids is 1. The summed E-state index contributed by atoms with van der Waals surface area (Å²) in [5.41, 5.74) is 0. The predicted octanol–water partition coefficient (Wildman–Crippen LogP) is 0.645. The second-order valence-electron chi connectivity index (χ2n) is 4.47. The van der Waals surface area contributed by atoms with E-state index in [4.69, 9.17) is 4.55 Å². The van der Waals surface area contributed by atoms with Crippen LogP contribution in [-0.4, -0.2) is 53.5 Å². The van der Waals surface area contributed by atoms with Gasteiger partial charge in [0, 0.05) is 13.5 Å². The van der Waals surface area contributed by atoms with Gasteiger partial charge in [0.25, 0.3) is 5.92 Å². The number of hydrogen-bond acceptors (Lipinski definition) is 4. The van der Waals surface area contributed by atoms with Crippen molar-refractivity contribution >= 4 is 16.4 Å². The van der Waals surface area contributed by atoms with Crippen LogP contribution in [0.1, 0.15) is 19.8 Å². The first-order valence-corrected chi connectivity index (χ1v) is 6.61. The molecule has 0 spiro atoms. The van der Waals surface area contributed by atoms with Gasteiger partial charge in [-0.2, -0.15) is 13.5 Å². The quantitative estimate of drug-likeness (QED) is 0.769. The molecule has 7 nitrogen and oxygen atoms in total. The van der Waals surface area contributed by atoms with E-state index in [1.165, 1.54) is 0 Å². The highest BCUT2D eigenvalue weighted by molar-refractivity contribution is 7.80. The summed E-state index contributed by atoms with van der Waals surface area (Å²) in [5.74, 6) is -3.07. The third kappa shape index (κ3) is 2.40. The average molecular weight is 286 g/mol. The van der Waals surface area contributed by atoms with Crippen molar-refractivity contribution in [3.8, 4) is 0 Å². The molecule has 2 amide bonds. The molecule has 0 aliphatic carbocycles. The van der Waals surface area contributed by atoms with Crippen molar-refractivity contribution in [2.45, 2.75) is 37.8 Å². The lowest BCUT2D eigenvalue weighted by atomic mass is 9.97. The standard InChI is InChI=1S/C8H12F2N2O5S/c1-8(9,10)6-3-2-5-4-11(6)7(13)12(5)17-18(14,15)16/h5-6H,2-4H2,1H3,(H,14,15,16)/t5-,6+/m1/s1. The Bertz CT molecular complexity index is 463. The van der Waals surface area contributed by atoms with Crippen molar-refractivity contribution in [1.82, 2.24) is 9.96 Å². The van der Waals surface area contributed by atoms with E-state index in [1.54, 1.807) is 0 Å². The maximum Gasteiger partial charge on any atom is 0.418 e. The number of alkyl halides is 2. The van der Waals surface area contributed by atoms with Gasteiger partial charge >= 0.3 is 16.4 Å². The molecule has 104 valence electrons. The second-order valence-corrected chi connectivity index (χ2v) is 5.47. The highest BCUT2D eigenvalue weighted by atomic mass is 32.3. The van der Waals surface area contributed by atoms with E-state index in [2.05, 4.69) is 4.28 Å². The van der Waals surface area contributed by atoms with E-state index in [0.717, 1.165) is 4.90 Å². The topological polar surface area (TPSA) is 87.2 Å². The Morgan fingerprint density at radius 2 is 2.06 bits per heavy atom. The van der Waals surface area contributed by atoms with Gasteiger partial charge in [-0.15, -0.1) is 4.28 Å². The molecule has 0 aromatic rings. The fourth-order valence-corrected chi connectivity index (χ4v) is 2.75. The smallest absolute Gasteiger partial charge is 0.312 e. The molecule has 0 aromatic carbocycles. The molecule has 2 atom stereocenters. The number of rotatable bonds is 3. The Kier molecular flexibility index (Phi) is 2.98. The largest absolute Gasteiger partial charge is 0.418 e. The van der Waals surface area contributed by atoms with Gasteiger partial charge < -0.3 is 4.90 Å². The first-order chi connectivity index (χ1) is 8.09. The van der Waals surface area contributed by atoms with Crippen LogP contribution >= 0.6 is 0 Å². The molecule has 2 rings (SSSR count). The highest BCUT2D eigenvalue weighted by Crippen LogP contribution is 2.37. The van der Waals surface area contributed by atoms with Crippen LogP contribution in [0.3, 0.4) is 0 Å². The van der Waals surface area contributed by atoms with Crippen LogP contribution < -0.4 is 0 Å². The lowest BCUT2D eigenvalue weighted by molar-refractivity contribution is -0.0608. The molecule has 1 N–H and O–H groups in total. The Morgan fingerprint density at radius 3 is 2.56 bits per heavy atom. The van der Waals surface area contributed by atoms with E-state index in [-0.39, 0.29) is 19.4 Å². The number of piperidine rings is 1. The van der Waals surface area contributed by atoms with Crippen molar-refractivity contribution in [3.05, 3.63) is 0 Å². The predicted molar refractivity (Wildman–Crippen MR) is 54.0 cm³/mol. The Labute approximate surface area is 102 Å². The van der Waals surface area contributed by atoms with Gasteiger partial charge in [0.1, 0.15) is 0 Å². The minimum Gasteiger partial charge on any atom is -0.312 e. The van der Waals surface area contributed by atoms with E-state index in [9.17, 15) is 22.0 Å². The zero-order valence-electron chi connectivity index (χ0n) is 9.41. The van der Waals surface area contributed by atoms with Gasteiger partial charge in [-0.25, -0.2) is 13.6 Å². The van der Waals surface area contributed by atoms with Crippen molar-refractivity contribution in [2.24, 2.45) is 0 Å². The summed E-state index contributed by atoms with van der Waals surface area (Å²) in [6.07, 6.45) is 0.233. The number of nitrogens with zero attached hydrogens (tertiary/aromatic N) is 2. The number of fused-ring (bicyclic) bond motifs is 2. The molecule has 18 heavy (non-hydrogen) atoms. The van der Waals surface area contributed by atoms with Gasteiger partial charge in [-0.05, 0) is 12.8 Å². The van der Waals surface area contributed by atoms with Crippen molar-refractivity contribution in [3.63, 3.8) is 0 Å². The summed E-state index contributed by atoms with van der Waals surface area (Å²) in [7, 11) is -4.84. The van der Waals surface area contributed by atoms with Crippen LogP contribution in [0.5, 0.6) is 0 Å². The van der Waals surface area contributed by atoms with Crippen LogP contribution in [0.4, 0.5) is 13.6 Å². The van der Waals surface area contributed by atoms with E-state index in [0.29, 0.717) is 12.0 Å². The van der Waals surface area contributed by atoms with Crippen molar-refractivity contribution < 1.29 is 30.8 Å². The zero-order valence-corrected chi connectivity index (χ0v) is 10.2. The first kappa shape index (κ1) is 13.4. The minimum absolute atomic E-state index is 0.0392. The van der Waals surface area contributed by atoms with Gasteiger partial charge in [0.15, 0.2) is 0 Å². The Hall–Kier alpha value is -1.00. The molecule has 10 heteroatoms. The van der Waals surface area contributed by atoms with Gasteiger partial charge in [-0.1, -0.05) is 0 Å². The molecule has 0 unspecified atom stereocenters. The van der Waals surface area contributed by atoms with Gasteiger partial charge in [-0.3, -0.25) is 4.55 Å². The number of carbonyl (C=O) groups is 1. The molecule has 2 bridgehead atoms. The number of halogens is 2. The van der Waals surface area contributed by atoms with Crippen LogP contribution in [0.25, 0.3) is 0 Å². The second kappa shape index (κ2) is 4.00. The third-order valence-corrected chi connectivity index (χ3v) is 3.43. The van der Waals surface area contributed by atoms with E-state index >= 15 is 0 Å². The highest BCUT2D eigenvalue weighted by Gasteiger charge is 2.53. The molecule has 2 saturated heterocycles. The van der Waals surface area contributed by atoms with Crippen LogP contribution in [0, 0.1) is 0 Å². The molecule has 2 aliphatic rings. The lowest BCUT2D eigenvalue weighted by Crippen LogP contribution is -2.49. The van der Waals surface area contributed by atoms with Crippen LogP contribution in [-0.2, 0) is 14.7 Å². The average Bonchev–Trinajstić information content (AvgIpc) is 2.40. The molecule has 2 heterocycles. The summed E-state index contributed by atoms with van der Waals surface area (Å²) in [6, 6.07) is -2.89. The molecule has 2 fully saturated rings. The zero-order chi connectivity index (χ0) is 13.7. The molecule has 2 aliphatic heterocycles. The maximum atomic E-state index is 13.3. The molecule has 0 saturated carbocycles. The molecular formula is C8H12F2N2O5S. The number of urea groups is 1. The van der Waals surface area contributed by atoms with Crippen LogP contribution in [0.15, 0.2) is 0 Å². The van der Waals surface area contributed by atoms with Crippen molar-refractivity contribution in [2.75, 3.05) is 6.54 Å². The van der Waals surface area contributed by atoms with E-state index in [1.807, 2.05) is 0 Å². The summed E-state index contributed by atoms with van der Waals surface area (Å²) < 4.78 is 60.3. The number of hydrogen-bond donors (Lipinski definition) is 1. The lowest BCUT2D eigenvalue weighted by Gasteiger charge is -2.34. The van der Waals surface area contributed by atoms with Gasteiger partial charge in [0.2, 0.25) is 0 Å². The number of hydroxylamine groups is 2. The van der Waals surface area contributed by atoms with Crippen molar-refractivity contribution in [1.29, 1.82) is 0 Å². The Morgan fingerprint density at radius 1 is 1.44 bits per heavy atom. The molecular weight excluding hydrogens is 274 g/mol. The third-order valence-electron chi connectivity index (χ3n) is 3.08. The SMILES string of the molecule is CC(F)(F)[C@@H]1CC[C@@H]2CN1C(=O)N2OS(=O)(=O)O. The van der Waals surface area contributed by atoms with Crippen LogP contribution in [0.2, 0.25) is 0 Å². The molecule has 0 aromatic heterocycles. The summed E-state index contributed by atoms with van der Waals surface area (Å²) >= 11 is 0. The van der Waals surface area contributed by atoms with E-state index < -0.39 is 34.4 Å². The summed E-state index contributed by atoms with van der Waals surface area (Å²) in [4.78, 5) is 12.6. The summed E-state index contributed by atoms with van der Waals surface area (Å²) in [5, 5.41) is 0.446. The fourth-order valence-electron chi connectivity index (χ4n) is 2.36. The monoisotopic (exact) mass is 286 g/mol. The minimum atomic E-state index is -4.84. The number of amides is 2. The van der Waals surface area contributed by atoms with Gasteiger partial charge in [0.05, 0.1) is 12.1 Å². The molecule has 0 radical (unpaired) electrons. The Balaban J connectivity index is 2.20. The maximum absolute atomic E-state index is 13.3. The normalized spacial score (nSPS) is 29.0. The first-order valence-electron chi connectivity index (χ1n) is 5.24. The fraction of sp³-hybridized carbons (Fsp3) is 0.875.